The topological polar surface area (TPSA) is 98.3 Å². The van der Waals surface area contributed by atoms with Crippen LogP contribution in [0.25, 0.3) is 0 Å². The van der Waals surface area contributed by atoms with Gasteiger partial charge in [0, 0.05) is 28.6 Å². The molecular weight excluding hydrogens is 270 g/mol. The van der Waals surface area contributed by atoms with E-state index in [1.807, 2.05) is 6.92 Å². The molecule has 2 aromatic rings. The molecule has 0 aliphatic rings. The van der Waals surface area contributed by atoms with Gasteiger partial charge in [0.2, 0.25) is 0 Å². The van der Waals surface area contributed by atoms with Crippen LogP contribution in [0.3, 0.4) is 0 Å². The van der Waals surface area contributed by atoms with Crippen LogP contribution < -0.4 is 11.1 Å². The summed E-state index contributed by atoms with van der Waals surface area (Å²) in [6, 6.07) is 11.2. The first-order chi connectivity index (χ1) is 10.0. The SMILES string of the molecule is CCc1ccc(NC(=O)c2cccc(N)c2)cc1[N+](=O)[O-]. The number of nitrogens with zero attached hydrogens (tertiary/aromatic N) is 1. The molecule has 0 aliphatic heterocycles. The molecule has 0 bridgehead atoms. The van der Waals surface area contributed by atoms with Crippen molar-refractivity contribution < 1.29 is 9.72 Å². The Kier molecular flexibility index (Phi) is 4.18. The third-order valence-corrected chi connectivity index (χ3v) is 3.07. The number of benzene rings is 2. The van der Waals surface area contributed by atoms with Crippen molar-refractivity contribution in [1.29, 1.82) is 0 Å². The van der Waals surface area contributed by atoms with E-state index < -0.39 is 4.92 Å². The number of amides is 1. The van der Waals surface area contributed by atoms with Crippen molar-refractivity contribution in [3.63, 3.8) is 0 Å². The predicted octanol–water partition coefficient (Wildman–Crippen LogP) is 2.99. The highest BCUT2D eigenvalue weighted by Gasteiger charge is 2.14. The van der Waals surface area contributed by atoms with Gasteiger partial charge in [-0.2, -0.15) is 0 Å². The molecule has 0 aliphatic carbocycles. The van der Waals surface area contributed by atoms with Crippen molar-refractivity contribution in [2.45, 2.75) is 13.3 Å². The van der Waals surface area contributed by atoms with Crippen LogP contribution in [0.15, 0.2) is 42.5 Å². The molecule has 6 heteroatoms. The second-order valence-electron chi connectivity index (χ2n) is 4.53. The molecule has 0 atom stereocenters. The number of nitro groups is 1. The number of nitrogens with two attached hydrogens (primary N) is 1. The summed E-state index contributed by atoms with van der Waals surface area (Å²) in [7, 11) is 0. The Morgan fingerprint density at radius 3 is 2.67 bits per heavy atom. The Bertz CT molecular complexity index is 698. The molecule has 1 amide bonds. The summed E-state index contributed by atoms with van der Waals surface area (Å²) < 4.78 is 0. The Labute approximate surface area is 121 Å². The summed E-state index contributed by atoms with van der Waals surface area (Å²) in [6.45, 7) is 1.84. The van der Waals surface area contributed by atoms with Crippen molar-refractivity contribution in [3.05, 3.63) is 63.7 Å². The highest BCUT2D eigenvalue weighted by molar-refractivity contribution is 6.04. The molecule has 2 rings (SSSR count). The lowest BCUT2D eigenvalue weighted by atomic mass is 10.1. The van der Waals surface area contributed by atoms with E-state index >= 15 is 0 Å². The smallest absolute Gasteiger partial charge is 0.274 e. The number of nitro benzene ring substituents is 1. The Morgan fingerprint density at radius 1 is 1.29 bits per heavy atom. The quantitative estimate of drug-likeness (QED) is 0.512. The van der Waals surface area contributed by atoms with Crippen LogP contribution in [0.5, 0.6) is 0 Å². The first-order valence-electron chi connectivity index (χ1n) is 6.45. The highest BCUT2D eigenvalue weighted by atomic mass is 16.6. The summed E-state index contributed by atoms with van der Waals surface area (Å²) in [6.07, 6.45) is 0.555. The summed E-state index contributed by atoms with van der Waals surface area (Å²) in [5.74, 6) is -0.360. The van der Waals surface area contributed by atoms with Gasteiger partial charge in [0.1, 0.15) is 0 Å². The first kappa shape index (κ1) is 14.5. The molecule has 6 nitrogen and oxygen atoms in total. The van der Waals surface area contributed by atoms with Crippen molar-refractivity contribution in [1.82, 2.24) is 0 Å². The van der Waals surface area contributed by atoms with Crippen molar-refractivity contribution in [3.8, 4) is 0 Å². The number of nitrogen functional groups attached to an aromatic ring is 1. The van der Waals surface area contributed by atoms with E-state index in [0.29, 0.717) is 28.9 Å². The van der Waals surface area contributed by atoms with Crippen LogP contribution in [0.4, 0.5) is 17.1 Å². The van der Waals surface area contributed by atoms with E-state index in [4.69, 9.17) is 5.73 Å². The number of hydrogen-bond donors (Lipinski definition) is 2. The minimum absolute atomic E-state index is 0.00266. The van der Waals surface area contributed by atoms with Crippen LogP contribution in [0.2, 0.25) is 0 Å². The number of nitrogens with one attached hydrogen (secondary N) is 1. The maximum atomic E-state index is 12.1. The van der Waals surface area contributed by atoms with Gasteiger partial charge in [0.15, 0.2) is 0 Å². The number of carbonyl (C=O) groups excluding carboxylic acids is 1. The fourth-order valence-corrected chi connectivity index (χ4v) is 1.99. The van der Waals surface area contributed by atoms with E-state index in [1.165, 1.54) is 6.07 Å². The van der Waals surface area contributed by atoms with E-state index in [1.54, 1.807) is 36.4 Å². The normalized spacial score (nSPS) is 10.1. The maximum Gasteiger partial charge on any atom is 0.274 e. The van der Waals surface area contributed by atoms with E-state index in [2.05, 4.69) is 5.32 Å². The second kappa shape index (κ2) is 6.04. The first-order valence-corrected chi connectivity index (χ1v) is 6.45. The zero-order valence-corrected chi connectivity index (χ0v) is 11.5. The maximum absolute atomic E-state index is 12.1. The minimum Gasteiger partial charge on any atom is -0.399 e. The molecule has 0 saturated carbocycles. The standard InChI is InChI=1S/C15H15N3O3/c1-2-10-6-7-13(9-14(10)18(20)21)17-15(19)11-4-3-5-12(16)8-11/h3-9H,2,16H2,1H3,(H,17,19). The Morgan fingerprint density at radius 2 is 2.05 bits per heavy atom. The van der Waals surface area contributed by atoms with E-state index in [-0.39, 0.29) is 11.6 Å². The average molecular weight is 285 g/mol. The molecule has 0 aromatic heterocycles. The summed E-state index contributed by atoms with van der Waals surface area (Å²) in [5.41, 5.74) is 7.51. The fraction of sp³-hybridized carbons (Fsp3) is 0.133. The van der Waals surface area contributed by atoms with E-state index in [0.717, 1.165) is 0 Å². The number of hydrogen-bond acceptors (Lipinski definition) is 4. The van der Waals surface area contributed by atoms with Crippen LogP contribution in [0.1, 0.15) is 22.8 Å². The number of carbonyl (C=O) groups is 1. The molecule has 0 unspecified atom stereocenters. The molecular formula is C15H15N3O3. The van der Waals surface area contributed by atoms with Gasteiger partial charge in [-0.1, -0.05) is 19.1 Å². The third-order valence-electron chi connectivity index (χ3n) is 3.07. The summed E-state index contributed by atoms with van der Waals surface area (Å²) in [4.78, 5) is 22.6. The van der Waals surface area contributed by atoms with Gasteiger partial charge in [0.25, 0.3) is 11.6 Å². The van der Waals surface area contributed by atoms with Crippen LogP contribution in [-0.2, 0) is 6.42 Å². The van der Waals surface area contributed by atoms with E-state index in [9.17, 15) is 14.9 Å². The fourth-order valence-electron chi connectivity index (χ4n) is 1.99. The van der Waals surface area contributed by atoms with Gasteiger partial charge >= 0.3 is 0 Å². The molecule has 108 valence electrons. The second-order valence-corrected chi connectivity index (χ2v) is 4.53. The van der Waals surface area contributed by atoms with Crippen molar-refractivity contribution in [2.75, 3.05) is 11.1 Å². The number of aryl methyl sites for hydroxylation is 1. The Balaban J connectivity index is 2.25. The molecule has 2 aromatic carbocycles. The molecule has 3 N–H and O–H groups in total. The summed E-state index contributed by atoms with van der Waals surface area (Å²) in [5, 5.41) is 13.6. The van der Waals surface area contributed by atoms with Gasteiger partial charge < -0.3 is 11.1 Å². The molecule has 0 spiro atoms. The average Bonchev–Trinajstić information content (AvgIpc) is 2.47. The molecule has 21 heavy (non-hydrogen) atoms. The van der Waals surface area contributed by atoms with Gasteiger partial charge in [-0.05, 0) is 30.7 Å². The van der Waals surface area contributed by atoms with Crippen molar-refractivity contribution >= 4 is 23.0 Å². The zero-order chi connectivity index (χ0) is 15.4. The lowest BCUT2D eigenvalue weighted by Crippen LogP contribution is -2.12. The van der Waals surface area contributed by atoms with Gasteiger partial charge in [-0.15, -0.1) is 0 Å². The zero-order valence-electron chi connectivity index (χ0n) is 11.5. The third kappa shape index (κ3) is 3.36. The van der Waals surface area contributed by atoms with Crippen LogP contribution >= 0.6 is 0 Å². The minimum atomic E-state index is -0.449. The van der Waals surface area contributed by atoms with Gasteiger partial charge in [-0.3, -0.25) is 14.9 Å². The Hall–Kier alpha value is -2.89. The molecule has 0 saturated heterocycles. The largest absolute Gasteiger partial charge is 0.399 e. The van der Waals surface area contributed by atoms with Crippen LogP contribution in [-0.4, -0.2) is 10.8 Å². The van der Waals surface area contributed by atoms with Gasteiger partial charge in [0.05, 0.1) is 4.92 Å². The lowest BCUT2D eigenvalue weighted by Gasteiger charge is -2.07. The lowest BCUT2D eigenvalue weighted by molar-refractivity contribution is -0.385. The monoisotopic (exact) mass is 285 g/mol. The molecule has 0 fully saturated rings. The number of rotatable bonds is 4. The van der Waals surface area contributed by atoms with Crippen molar-refractivity contribution in [2.24, 2.45) is 0 Å². The number of anilines is 2. The molecule has 0 radical (unpaired) electrons. The predicted molar refractivity (Wildman–Crippen MR) is 81.3 cm³/mol. The highest BCUT2D eigenvalue weighted by Crippen LogP contribution is 2.24. The molecule has 0 heterocycles. The van der Waals surface area contributed by atoms with Gasteiger partial charge in [-0.25, -0.2) is 0 Å². The summed E-state index contributed by atoms with van der Waals surface area (Å²) >= 11 is 0. The van der Waals surface area contributed by atoms with Crippen LogP contribution in [0, 0.1) is 10.1 Å².